The highest BCUT2D eigenvalue weighted by Crippen LogP contribution is 2.29. The fraction of sp³-hybridized carbons (Fsp3) is 0.565. The largest absolute Gasteiger partial charge is 0.390 e. The molecular formula is C23H36N4O2. The molecule has 160 valence electrons. The summed E-state index contributed by atoms with van der Waals surface area (Å²) in [6.07, 6.45) is 9.84. The molecule has 0 bridgehead atoms. The molecule has 0 spiro atoms. The number of amides is 1. The maximum Gasteiger partial charge on any atom is 0.221 e. The molecule has 0 aliphatic heterocycles. The number of rotatable bonds is 13. The third kappa shape index (κ3) is 7.29. The highest BCUT2D eigenvalue weighted by atomic mass is 16.3. The molecule has 2 aromatic rings. The molecule has 3 N–H and O–H groups in total. The van der Waals surface area contributed by atoms with Gasteiger partial charge in [-0.1, -0.05) is 50.5 Å². The van der Waals surface area contributed by atoms with Crippen molar-refractivity contribution in [3.05, 3.63) is 54.1 Å². The van der Waals surface area contributed by atoms with Crippen LogP contribution < -0.4 is 5.73 Å². The molecule has 0 radical (unpaired) electrons. The highest BCUT2D eigenvalue weighted by Gasteiger charge is 2.30. The molecule has 0 aliphatic carbocycles. The van der Waals surface area contributed by atoms with Gasteiger partial charge in [-0.05, 0) is 37.9 Å². The van der Waals surface area contributed by atoms with Crippen molar-refractivity contribution in [1.82, 2.24) is 14.5 Å². The lowest BCUT2D eigenvalue weighted by atomic mass is 9.90. The average molecular weight is 401 g/mol. The molecule has 0 saturated heterocycles. The number of imidazole rings is 1. The SMILES string of the molecule is CCCCCCN(CC(O)Cn1ccnc1)C(C)(C)c1ccc(CC(N)=O)cc1. The molecule has 0 aliphatic rings. The van der Waals surface area contributed by atoms with Crippen LogP contribution in [-0.2, 0) is 23.3 Å². The molecular weight excluding hydrogens is 364 g/mol. The molecule has 1 heterocycles. The van der Waals surface area contributed by atoms with Crippen molar-refractivity contribution in [1.29, 1.82) is 0 Å². The third-order valence-corrected chi connectivity index (χ3v) is 5.52. The van der Waals surface area contributed by atoms with E-state index in [1.54, 1.807) is 12.5 Å². The Bertz CT molecular complexity index is 726. The zero-order valence-electron chi connectivity index (χ0n) is 18.1. The van der Waals surface area contributed by atoms with E-state index in [0.717, 1.165) is 24.1 Å². The lowest BCUT2D eigenvalue weighted by molar-refractivity contribution is -0.117. The van der Waals surface area contributed by atoms with Crippen LogP contribution in [0.4, 0.5) is 0 Å². The molecule has 1 unspecified atom stereocenters. The van der Waals surface area contributed by atoms with E-state index in [0.29, 0.717) is 13.1 Å². The van der Waals surface area contributed by atoms with Crippen molar-refractivity contribution < 1.29 is 9.90 Å². The lowest BCUT2D eigenvalue weighted by Crippen LogP contribution is -2.46. The average Bonchev–Trinajstić information content (AvgIpc) is 3.17. The fourth-order valence-electron chi connectivity index (χ4n) is 3.69. The number of carbonyl (C=O) groups is 1. The smallest absolute Gasteiger partial charge is 0.221 e. The number of hydrogen-bond acceptors (Lipinski definition) is 4. The van der Waals surface area contributed by atoms with Crippen molar-refractivity contribution >= 4 is 5.91 Å². The summed E-state index contributed by atoms with van der Waals surface area (Å²) in [5.41, 5.74) is 7.15. The van der Waals surface area contributed by atoms with Crippen LogP contribution in [0.2, 0.25) is 0 Å². The Morgan fingerprint density at radius 2 is 1.97 bits per heavy atom. The van der Waals surface area contributed by atoms with Crippen LogP contribution in [-0.4, -0.2) is 44.7 Å². The third-order valence-electron chi connectivity index (χ3n) is 5.52. The summed E-state index contributed by atoms with van der Waals surface area (Å²) in [4.78, 5) is 17.6. The van der Waals surface area contributed by atoms with E-state index in [1.165, 1.54) is 19.3 Å². The number of nitrogens with two attached hydrogens (primary N) is 1. The molecule has 1 atom stereocenters. The second kappa shape index (κ2) is 11.1. The minimum absolute atomic E-state index is 0.243. The van der Waals surface area contributed by atoms with Crippen molar-refractivity contribution in [3.8, 4) is 0 Å². The number of carbonyl (C=O) groups excluding carboxylic acids is 1. The monoisotopic (exact) mass is 400 g/mol. The van der Waals surface area contributed by atoms with Crippen LogP contribution in [0.1, 0.15) is 57.6 Å². The van der Waals surface area contributed by atoms with Crippen LogP contribution in [0.25, 0.3) is 0 Å². The Morgan fingerprint density at radius 3 is 2.55 bits per heavy atom. The minimum atomic E-state index is -0.483. The molecule has 1 amide bonds. The molecule has 2 rings (SSSR count). The highest BCUT2D eigenvalue weighted by molar-refractivity contribution is 5.76. The quantitative estimate of drug-likeness (QED) is 0.506. The summed E-state index contributed by atoms with van der Waals surface area (Å²) in [5.74, 6) is -0.322. The zero-order valence-corrected chi connectivity index (χ0v) is 18.1. The van der Waals surface area contributed by atoms with E-state index < -0.39 is 6.10 Å². The van der Waals surface area contributed by atoms with E-state index in [-0.39, 0.29) is 17.9 Å². The van der Waals surface area contributed by atoms with Gasteiger partial charge in [-0.15, -0.1) is 0 Å². The number of primary amides is 1. The molecule has 1 aromatic carbocycles. The normalized spacial score (nSPS) is 13.0. The number of nitrogens with zero attached hydrogens (tertiary/aromatic N) is 3. The maximum atomic E-state index is 11.2. The Labute approximate surface area is 174 Å². The van der Waals surface area contributed by atoms with Crippen LogP contribution in [0.3, 0.4) is 0 Å². The predicted octanol–water partition coefficient (Wildman–Crippen LogP) is 3.09. The maximum absolute atomic E-state index is 11.2. The van der Waals surface area contributed by atoms with Gasteiger partial charge in [-0.2, -0.15) is 0 Å². The molecule has 0 fully saturated rings. The molecule has 29 heavy (non-hydrogen) atoms. The first-order chi connectivity index (χ1) is 13.8. The topological polar surface area (TPSA) is 84.4 Å². The summed E-state index contributed by atoms with van der Waals surface area (Å²) in [6.45, 7) is 8.64. The first-order valence-corrected chi connectivity index (χ1v) is 10.6. The van der Waals surface area contributed by atoms with Gasteiger partial charge < -0.3 is 15.4 Å². The van der Waals surface area contributed by atoms with Crippen molar-refractivity contribution in [2.24, 2.45) is 5.73 Å². The number of aliphatic hydroxyl groups is 1. The van der Waals surface area contributed by atoms with Gasteiger partial charge in [0.2, 0.25) is 5.91 Å². The van der Waals surface area contributed by atoms with E-state index in [4.69, 9.17) is 5.73 Å². The summed E-state index contributed by atoms with van der Waals surface area (Å²) < 4.78 is 1.91. The lowest BCUT2D eigenvalue weighted by Gasteiger charge is -2.40. The molecule has 6 nitrogen and oxygen atoms in total. The number of aliphatic hydroxyl groups excluding tert-OH is 1. The minimum Gasteiger partial charge on any atom is -0.390 e. The fourth-order valence-corrected chi connectivity index (χ4v) is 3.69. The van der Waals surface area contributed by atoms with Crippen LogP contribution >= 0.6 is 0 Å². The van der Waals surface area contributed by atoms with Gasteiger partial charge in [0.15, 0.2) is 0 Å². The van der Waals surface area contributed by atoms with Crippen LogP contribution in [0.5, 0.6) is 0 Å². The Balaban J connectivity index is 2.11. The number of aromatic nitrogens is 2. The van der Waals surface area contributed by atoms with Gasteiger partial charge in [-0.3, -0.25) is 9.69 Å². The van der Waals surface area contributed by atoms with Crippen LogP contribution in [0.15, 0.2) is 43.0 Å². The first-order valence-electron chi connectivity index (χ1n) is 10.6. The second-order valence-electron chi connectivity index (χ2n) is 8.32. The van der Waals surface area contributed by atoms with E-state index >= 15 is 0 Å². The van der Waals surface area contributed by atoms with E-state index in [1.807, 2.05) is 22.9 Å². The Hall–Kier alpha value is -2.18. The van der Waals surface area contributed by atoms with E-state index in [2.05, 4.69) is 42.8 Å². The van der Waals surface area contributed by atoms with Crippen molar-refractivity contribution in [2.45, 2.75) is 71.1 Å². The number of hydrogen-bond donors (Lipinski definition) is 2. The predicted molar refractivity (Wildman–Crippen MR) is 116 cm³/mol. The van der Waals surface area contributed by atoms with Crippen LogP contribution in [0, 0.1) is 0 Å². The summed E-state index contributed by atoms with van der Waals surface area (Å²) in [6, 6.07) is 8.08. The molecule has 0 saturated carbocycles. The molecule has 6 heteroatoms. The number of benzene rings is 1. The van der Waals surface area contributed by atoms with Crippen molar-refractivity contribution in [3.63, 3.8) is 0 Å². The first kappa shape index (κ1) is 23.1. The summed E-state index contributed by atoms with van der Waals surface area (Å²) in [7, 11) is 0. The molecule has 1 aromatic heterocycles. The van der Waals surface area contributed by atoms with Gasteiger partial charge >= 0.3 is 0 Å². The van der Waals surface area contributed by atoms with Gasteiger partial charge in [0.05, 0.1) is 25.4 Å². The Morgan fingerprint density at radius 1 is 1.24 bits per heavy atom. The number of unbranched alkanes of at least 4 members (excludes halogenated alkanes) is 3. The van der Waals surface area contributed by atoms with E-state index in [9.17, 15) is 9.90 Å². The standard InChI is InChI=1S/C23H36N4O2/c1-4-5-6-7-13-27(17-21(28)16-26-14-12-25-18-26)23(2,3)20-10-8-19(9-11-20)15-22(24)29/h8-12,14,18,21,28H,4-7,13,15-17H2,1-3H3,(H2,24,29). The van der Waals surface area contributed by atoms with Crippen molar-refractivity contribution in [2.75, 3.05) is 13.1 Å². The Kier molecular flexibility index (Phi) is 8.86. The summed E-state index contributed by atoms with van der Waals surface area (Å²) in [5, 5.41) is 10.7. The van der Waals surface area contributed by atoms with Gasteiger partial charge in [0, 0.05) is 24.5 Å². The van der Waals surface area contributed by atoms with Gasteiger partial charge in [0.25, 0.3) is 0 Å². The van der Waals surface area contributed by atoms with Gasteiger partial charge in [0.1, 0.15) is 0 Å². The van der Waals surface area contributed by atoms with Gasteiger partial charge in [-0.25, -0.2) is 4.98 Å². The second-order valence-corrected chi connectivity index (χ2v) is 8.32. The zero-order chi connectivity index (χ0) is 21.3. The summed E-state index contributed by atoms with van der Waals surface area (Å²) >= 11 is 0.